The minimum Gasteiger partial charge on any atom is -0.487 e. The molecule has 1 heterocycles. The van der Waals surface area contributed by atoms with Crippen LogP contribution in [0.5, 0.6) is 5.75 Å². The van der Waals surface area contributed by atoms with Crippen LogP contribution in [0.25, 0.3) is 0 Å². The largest absolute Gasteiger partial charge is 0.487 e. The van der Waals surface area contributed by atoms with Crippen LogP contribution >= 0.6 is 0 Å². The van der Waals surface area contributed by atoms with Crippen molar-refractivity contribution >= 4 is 0 Å². The fraction of sp³-hybridized carbons (Fsp3) is 0.214. The molecule has 0 aliphatic heterocycles. The summed E-state index contributed by atoms with van der Waals surface area (Å²) in [6.07, 6.45) is 1.67. The van der Waals surface area contributed by atoms with Gasteiger partial charge >= 0.3 is 0 Å². The predicted molar refractivity (Wildman–Crippen MR) is 67.6 cm³/mol. The smallest absolute Gasteiger partial charge is 0.138 e. The van der Waals surface area contributed by atoms with E-state index in [-0.39, 0.29) is 12.4 Å². The highest BCUT2D eigenvalue weighted by Gasteiger charge is 2.02. The highest BCUT2D eigenvalue weighted by atomic mass is 19.1. The average Bonchev–Trinajstić information content (AvgIpc) is 2.39. The van der Waals surface area contributed by atoms with Gasteiger partial charge in [-0.3, -0.25) is 4.98 Å². The summed E-state index contributed by atoms with van der Waals surface area (Å²) in [4.78, 5) is 4.13. The summed E-state index contributed by atoms with van der Waals surface area (Å²) in [5.41, 5.74) is 7.78. The fourth-order valence-corrected chi connectivity index (χ4v) is 1.58. The topological polar surface area (TPSA) is 48.1 Å². The molecule has 0 spiro atoms. The number of hydrogen-bond donors (Lipinski definition) is 1. The molecule has 0 aliphatic carbocycles. The van der Waals surface area contributed by atoms with E-state index in [4.69, 9.17) is 10.5 Å². The van der Waals surface area contributed by atoms with Crippen LogP contribution in [0.1, 0.15) is 16.8 Å². The molecule has 0 fully saturated rings. The summed E-state index contributed by atoms with van der Waals surface area (Å²) >= 11 is 0. The zero-order valence-electron chi connectivity index (χ0n) is 10.2. The van der Waals surface area contributed by atoms with Crippen molar-refractivity contribution in [2.75, 3.05) is 0 Å². The highest BCUT2D eigenvalue weighted by molar-refractivity contribution is 5.26. The number of aryl methyl sites for hydroxylation is 1. The van der Waals surface area contributed by atoms with Crippen LogP contribution in [0.15, 0.2) is 36.5 Å². The third kappa shape index (κ3) is 3.05. The van der Waals surface area contributed by atoms with Gasteiger partial charge in [-0.15, -0.1) is 0 Å². The van der Waals surface area contributed by atoms with Crippen LogP contribution in [0, 0.1) is 12.7 Å². The molecule has 0 saturated heterocycles. The van der Waals surface area contributed by atoms with Crippen LogP contribution < -0.4 is 10.5 Å². The van der Waals surface area contributed by atoms with E-state index >= 15 is 0 Å². The first-order valence-electron chi connectivity index (χ1n) is 5.72. The summed E-state index contributed by atoms with van der Waals surface area (Å²) in [7, 11) is 0. The van der Waals surface area contributed by atoms with Crippen molar-refractivity contribution in [1.29, 1.82) is 0 Å². The molecule has 2 rings (SSSR count). The SMILES string of the molecule is Cc1ccc(OCc2ccc(F)c(CN)c2)cn1. The van der Waals surface area contributed by atoms with Gasteiger partial charge in [0.25, 0.3) is 0 Å². The van der Waals surface area contributed by atoms with Crippen molar-refractivity contribution in [3.05, 3.63) is 59.2 Å². The Balaban J connectivity index is 2.04. The van der Waals surface area contributed by atoms with Gasteiger partial charge in [0.1, 0.15) is 18.2 Å². The van der Waals surface area contributed by atoms with Gasteiger partial charge < -0.3 is 10.5 Å². The quantitative estimate of drug-likeness (QED) is 0.902. The lowest BCUT2D eigenvalue weighted by atomic mass is 10.1. The molecule has 2 N–H and O–H groups in total. The van der Waals surface area contributed by atoms with Crippen molar-refractivity contribution < 1.29 is 9.13 Å². The molecular weight excluding hydrogens is 231 g/mol. The third-order valence-corrected chi connectivity index (χ3v) is 2.62. The molecule has 18 heavy (non-hydrogen) atoms. The van der Waals surface area contributed by atoms with Gasteiger partial charge in [0, 0.05) is 17.8 Å². The maximum Gasteiger partial charge on any atom is 0.138 e. The Morgan fingerprint density at radius 3 is 2.78 bits per heavy atom. The lowest BCUT2D eigenvalue weighted by Crippen LogP contribution is -2.03. The number of hydrogen-bond acceptors (Lipinski definition) is 3. The standard InChI is InChI=1S/C14H15FN2O/c1-10-2-4-13(8-17-10)18-9-11-3-5-14(15)12(6-11)7-16/h2-6,8H,7,9,16H2,1H3. The van der Waals surface area contributed by atoms with E-state index in [1.807, 2.05) is 19.1 Å². The van der Waals surface area contributed by atoms with Crippen molar-refractivity contribution in [3.8, 4) is 5.75 Å². The van der Waals surface area contributed by atoms with Gasteiger partial charge in [-0.1, -0.05) is 6.07 Å². The molecule has 3 nitrogen and oxygen atoms in total. The number of nitrogens with zero attached hydrogens (tertiary/aromatic N) is 1. The molecule has 2 aromatic rings. The summed E-state index contributed by atoms with van der Waals surface area (Å²) in [6.45, 7) is 2.47. The second kappa shape index (κ2) is 5.60. The Bertz CT molecular complexity index is 526. The molecule has 1 aromatic heterocycles. The molecule has 0 atom stereocenters. The van der Waals surface area contributed by atoms with E-state index in [1.54, 1.807) is 18.3 Å². The van der Waals surface area contributed by atoms with Crippen LogP contribution in [0.4, 0.5) is 4.39 Å². The summed E-state index contributed by atoms with van der Waals surface area (Å²) < 4.78 is 18.8. The Hall–Kier alpha value is -1.94. The van der Waals surface area contributed by atoms with Gasteiger partial charge in [-0.05, 0) is 36.8 Å². The van der Waals surface area contributed by atoms with Gasteiger partial charge in [-0.2, -0.15) is 0 Å². The molecule has 0 aliphatic rings. The molecule has 0 saturated carbocycles. The zero-order chi connectivity index (χ0) is 13.0. The number of benzene rings is 1. The molecular formula is C14H15FN2O. The Morgan fingerprint density at radius 1 is 1.28 bits per heavy atom. The van der Waals surface area contributed by atoms with Crippen LogP contribution in [0.3, 0.4) is 0 Å². The van der Waals surface area contributed by atoms with Crippen LogP contribution in [-0.2, 0) is 13.2 Å². The van der Waals surface area contributed by atoms with Crippen molar-refractivity contribution in [2.24, 2.45) is 5.73 Å². The maximum absolute atomic E-state index is 13.2. The average molecular weight is 246 g/mol. The van der Waals surface area contributed by atoms with Gasteiger partial charge in [0.15, 0.2) is 0 Å². The lowest BCUT2D eigenvalue weighted by Gasteiger charge is -2.08. The minimum atomic E-state index is -0.279. The number of nitrogens with two attached hydrogens (primary N) is 1. The summed E-state index contributed by atoms with van der Waals surface area (Å²) in [6, 6.07) is 8.56. The Morgan fingerprint density at radius 2 is 2.11 bits per heavy atom. The van der Waals surface area contributed by atoms with Crippen molar-refractivity contribution in [1.82, 2.24) is 4.98 Å². The van der Waals surface area contributed by atoms with Crippen LogP contribution in [-0.4, -0.2) is 4.98 Å². The fourth-order valence-electron chi connectivity index (χ4n) is 1.58. The number of halogens is 1. The van der Waals surface area contributed by atoms with Crippen molar-refractivity contribution in [3.63, 3.8) is 0 Å². The third-order valence-electron chi connectivity index (χ3n) is 2.62. The second-order valence-corrected chi connectivity index (χ2v) is 4.05. The van der Waals surface area contributed by atoms with Gasteiger partial charge in [0.05, 0.1) is 6.20 Å². The number of ether oxygens (including phenoxy) is 1. The van der Waals surface area contributed by atoms with Crippen LogP contribution in [0.2, 0.25) is 0 Å². The number of rotatable bonds is 4. The monoisotopic (exact) mass is 246 g/mol. The molecule has 0 radical (unpaired) electrons. The lowest BCUT2D eigenvalue weighted by molar-refractivity contribution is 0.304. The normalized spacial score (nSPS) is 10.4. The van der Waals surface area contributed by atoms with E-state index < -0.39 is 0 Å². The second-order valence-electron chi connectivity index (χ2n) is 4.05. The van der Waals surface area contributed by atoms with E-state index in [0.29, 0.717) is 17.9 Å². The van der Waals surface area contributed by atoms with Gasteiger partial charge in [0.2, 0.25) is 0 Å². The molecule has 0 amide bonds. The first kappa shape index (κ1) is 12.5. The molecule has 1 aromatic carbocycles. The Kier molecular flexibility index (Phi) is 3.89. The highest BCUT2D eigenvalue weighted by Crippen LogP contribution is 2.14. The molecule has 4 heteroatoms. The first-order valence-corrected chi connectivity index (χ1v) is 5.72. The van der Waals surface area contributed by atoms with E-state index in [2.05, 4.69) is 4.98 Å². The molecule has 94 valence electrons. The first-order chi connectivity index (χ1) is 8.69. The molecule has 0 bridgehead atoms. The summed E-state index contributed by atoms with van der Waals surface area (Å²) in [5, 5.41) is 0. The van der Waals surface area contributed by atoms with E-state index in [0.717, 1.165) is 11.3 Å². The molecule has 0 unspecified atom stereocenters. The summed E-state index contributed by atoms with van der Waals surface area (Å²) in [5.74, 6) is 0.414. The Labute approximate surface area is 105 Å². The number of pyridine rings is 1. The van der Waals surface area contributed by atoms with E-state index in [9.17, 15) is 4.39 Å². The minimum absolute atomic E-state index is 0.186. The van der Waals surface area contributed by atoms with Crippen molar-refractivity contribution in [2.45, 2.75) is 20.1 Å². The predicted octanol–water partition coefficient (Wildman–Crippen LogP) is 2.57. The number of aromatic nitrogens is 1. The maximum atomic E-state index is 13.2. The van der Waals surface area contributed by atoms with E-state index in [1.165, 1.54) is 6.07 Å². The van der Waals surface area contributed by atoms with Gasteiger partial charge in [-0.25, -0.2) is 4.39 Å². The zero-order valence-corrected chi connectivity index (χ0v) is 10.2.